The van der Waals surface area contributed by atoms with Gasteiger partial charge >= 0.3 is 6.03 Å². The van der Waals surface area contributed by atoms with Gasteiger partial charge in [-0.2, -0.15) is 0 Å². The van der Waals surface area contributed by atoms with Gasteiger partial charge in [0.05, 0.1) is 0 Å². The molecular formula is C19H22BrN3O2. The van der Waals surface area contributed by atoms with Gasteiger partial charge in [-0.1, -0.05) is 65.3 Å². The minimum Gasteiger partial charge on any atom is -0.341 e. The largest absolute Gasteiger partial charge is 0.341 e. The van der Waals surface area contributed by atoms with Crippen LogP contribution in [0.25, 0.3) is 0 Å². The molecule has 0 aromatic heterocycles. The molecule has 3 amide bonds. The maximum atomic E-state index is 12.6. The first-order chi connectivity index (χ1) is 12.0. The Morgan fingerprint density at radius 3 is 2.20 bits per heavy atom. The molecule has 0 radical (unpaired) electrons. The number of rotatable bonds is 6. The summed E-state index contributed by atoms with van der Waals surface area (Å²) < 4.78 is 1.00. The maximum absolute atomic E-state index is 12.6. The zero-order valence-electron chi connectivity index (χ0n) is 14.3. The zero-order valence-corrected chi connectivity index (χ0v) is 15.8. The van der Waals surface area contributed by atoms with Crippen LogP contribution in [-0.4, -0.2) is 19.0 Å². The number of benzene rings is 2. The molecule has 0 saturated heterocycles. The molecule has 0 fully saturated rings. The van der Waals surface area contributed by atoms with E-state index in [1.807, 2.05) is 54.6 Å². The predicted octanol–water partition coefficient (Wildman–Crippen LogP) is 3.69. The molecule has 2 aromatic carbocycles. The Morgan fingerprint density at radius 1 is 1.00 bits per heavy atom. The van der Waals surface area contributed by atoms with Crippen LogP contribution in [0.3, 0.4) is 0 Å². The third kappa shape index (κ3) is 5.41. The van der Waals surface area contributed by atoms with Crippen LogP contribution in [0, 0.1) is 0 Å². The third-order valence-corrected chi connectivity index (χ3v) is 4.44. The highest BCUT2D eigenvalue weighted by Crippen LogP contribution is 2.24. The van der Waals surface area contributed by atoms with Crippen molar-refractivity contribution in [2.75, 3.05) is 7.05 Å². The smallest absolute Gasteiger partial charge is 0.321 e. The van der Waals surface area contributed by atoms with E-state index in [0.29, 0.717) is 0 Å². The van der Waals surface area contributed by atoms with Gasteiger partial charge in [-0.05, 0) is 29.7 Å². The summed E-state index contributed by atoms with van der Waals surface area (Å²) >= 11 is 3.43. The van der Waals surface area contributed by atoms with Crippen molar-refractivity contribution in [1.82, 2.24) is 16.0 Å². The summed E-state index contributed by atoms with van der Waals surface area (Å²) in [5, 5.41) is 8.14. The van der Waals surface area contributed by atoms with E-state index in [9.17, 15) is 9.59 Å². The van der Waals surface area contributed by atoms with Gasteiger partial charge in [0, 0.05) is 17.6 Å². The van der Waals surface area contributed by atoms with Gasteiger partial charge in [-0.15, -0.1) is 0 Å². The molecule has 0 unspecified atom stereocenters. The lowest BCUT2D eigenvalue weighted by Gasteiger charge is -2.25. The first kappa shape index (κ1) is 19.1. The van der Waals surface area contributed by atoms with Gasteiger partial charge in [-0.3, -0.25) is 15.4 Å². The van der Waals surface area contributed by atoms with Gasteiger partial charge in [0.1, 0.15) is 6.04 Å². The van der Waals surface area contributed by atoms with Crippen molar-refractivity contribution in [3.63, 3.8) is 0 Å². The molecule has 6 heteroatoms. The number of hydrogen-bond acceptors (Lipinski definition) is 3. The van der Waals surface area contributed by atoms with Crippen LogP contribution in [-0.2, 0) is 4.79 Å². The van der Waals surface area contributed by atoms with Crippen molar-refractivity contribution in [1.29, 1.82) is 0 Å². The number of nitrogens with one attached hydrogen (secondary N) is 3. The van der Waals surface area contributed by atoms with Gasteiger partial charge in [0.2, 0.25) is 5.91 Å². The highest BCUT2D eigenvalue weighted by molar-refractivity contribution is 9.10. The van der Waals surface area contributed by atoms with E-state index < -0.39 is 12.1 Å². The molecule has 0 bridgehead atoms. The summed E-state index contributed by atoms with van der Waals surface area (Å²) in [6, 6.07) is 16.2. The second-order valence-electron chi connectivity index (χ2n) is 5.59. The molecular weight excluding hydrogens is 382 g/mol. The Balaban J connectivity index is 2.26. The van der Waals surface area contributed by atoms with Crippen molar-refractivity contribution < 1.29 is 9.59 Å². The summed E-state index contributed by atoms with van der Waals surface area (Å²) in [6.45, 7) is 2.05. The minimum absolute atomic E-state index is 0.0197. The van der Waals surface area contributed by atoms with Crippen LogP contribution in [0.5, 0.6) is 0 Å². The molecule has 25 heavy (non-hydrogen) atoms. The number of carbonyl (C=O) groups excluding carboxylic acids is 2. The van der Waals surface area contributed by atoms with E-state index in [-0.39, 0.29) is 11.9 Å². The maximum Gasteiger partial charge on any atom is 0.321 e. The molecule has 0 spiro atoms. The number of carbonyl (C=O) groups is 2. The zero-order chi connectivity index (χ0) is 18.2. The monoisotopic (exact) mass is 403 g/mol. The van der Waals surface area contributed by atoms with Crippen LogP contribution in [0.1, 0.15) is 36.6 Å². The average Bonchev–Trinajstić information content (AvgIpc) is 2.64. The molecule has 0 heterocycles. The summed E-state index contributed by atoms with van der Waals surface area (Å²) in [5.41, 5.74) is 1.89. The molecule has 0 aliphatic heterocycles. The summed E-state index contributed by atoms with van der Waals surface area (Å²) in [6.07, 6.45) is 0.804. The Morgan fingerprint density at radius 2 is 1.64 bits per heavy atom. The van der Waals surface area contributed by atoms with Crippen LogP contribution < -0.4 is 16.0 Å². The average molecular weight is 404 g/mol. The fourth-order valence-electron chi connectivity index (χ4n) is 2.56. The van der Waals surface area contributed by atoms with Gasteiger partial charge in [-0.25, -0.2) is 4.79 Å². The molecule has 132 valence electrons. The predicted molar refractivity (Wildman–Crippen MR) is 102 cm³/mol. The van der Waals surface area contributed by atoms with Crippen LogP contribution in [0.2, 0.25) is 0 Å². The number of halogens is 1. The fraction of sp³-hybridized carbons (Fsp3) is 0.263. The molecule has 0 aliphatic rings. The van der Waals surface area contributed by atoms with Gasteiger partial charge in [0.15, 0.2) is 0 Å². The quantitative estimate of drug-likeness (QED) is 0.688. The standard InChI is InChI=1S/C19H22BrN3O2/c1-3-16(13-9-11-15(20)12-10-13)22-17(14-7-5-4-6-8-14)18(24)23-19(25)21-2/h4-12,16-17,22H,3H2,1-2H3,(H2,21,23,24,25)/t16-,17+/m0/s1. The SMILES string of the molecule is CC[C@H](N[C@@H](C(=O)NC(=O)NC)c1ccccc1)c1ccc(Br)cc1. The molecule has 3 N–H and O–H groups in total. The molecule has 5 nitrogen and oxygen atoms in total. The number of amides is 3. The van der Waals surface area contributed by atoms with Crippen molar-refractivity contribution >= 4 is 27.9 Å². The molecule has 0 saturated carbocycles. The lowest BCUT2D eigenvalue weighted by molar-refractivity contribution is -0.122. The van der Waals surface area contributed by atoms with Crippen molar-refractivity contribution in [3.8, 4) is 0 Å². The van der Waals surface area contributed by atoms with Crippen molar-refractivity contribution in [3.05, 3.63) is 70.2 Å². The van der Waals surface area contributed by atoms with Crippen LogP contribution in [0.15, 0.2) is 59.1 Å². The third-order valence-electron chi connectivity index (χ3n) is 3.91. The molecule has 0 aliphatic carbocycles. The Labute approximate surface area is 156 Å². The van der Waals surface area contributed by atoms with E-state index in [2.05, 4.69) is 38.8 Å². The Kier molecular flexibility index (Phi) is 7.16. The van der Waals surface area contributed by atoms with E-state index >= 15 is 0 Å². The topological polar surface area (TPSA) is 70.2 Å². The Hall–Kier alpha value is -2.18. The van der Waals surface area contributed by atoms with Gasteiger partial charge in [0.25, 0.3) is 0 Å². The van der Waals surface area contributed by atoms with Crippen molar-refractivity contribution in [2.45, 2.75) is 25.4 Å². The lowest BCUT2D eigenvalue weighted by Crippen LogP contribution is -2.44. The van der Waals surface area contributed by atoms with E-state index in [0.717, 1.165) is 22.0 Å². The second kappa shape index (κ2) is 9.34. The molecule has 2 aromatic rings. The fourth-order valence-corrected chi connectivity index (χ4v) is 2.83. The lowest BCUT2D eigenvalue weighted by atomic mass is 10.00. The summed E-state index contributed by atoms with van der Waals surface area (Å²) in [5.74, 6) is -0.388. The van der Waals surface area contributed by atoms with E-state index in [1.54, 1.807) is 0 Å². The molecule has 2 atom stereocenters. The van der Waals surface area contributed by atoms with Crippen LogP contribution in [0.4, 0.5) is 4.79 Å². The van der Waals surface area contributed by atoms with E-state index in [4.69, 9.17) is 0 Å². The second-order valence-corrected chi connectivity index (χ2v) is 6.51. The highest BCUT2D eigenvalue weighted by atomic mass is 79.9. The summed E-state index contributed by atoms with van der Waals surface area (Å²) in [7, 11) is 1.48. The Bertz CT molecular complexity index is 704. The molecule has 2 rings (SSSR count). The number of hydrogen-bond donors (Lipinski definition) is 3. The normalized spacial score (nSPS) is 12.9. The number of imide groups is 1. The minimum atomic E-state index is -0.632. The first-order valence-electron chi connectivity index (χ1n) is 8.14. The highest BCUT2D eigenvalue weighted by Gasteiger charge is 2.25. The number of urea groups is 1. The first-order valence-corrected chi connectivity index (χ1v) is 8.93. The summed E-state index contributed by atoms with van der Waals surface area (Å²) in [4.78, 5) is 24.2. The van der Waals surface area contributed by atoms with Crippen LogP contribution >= 0.6 is 15.9 Å². The van der Waals surface area contributed by atoms with E-state index in [1.165, 1.54) is 7.05 Å². The van der Waals surface area contributed by atoms with Gasteiger partial charge < -0.3 is 5.32 Å². The van der Waals surface area contributed by atoms with Crippen molar-refractivity contribution in [2.24, 2.45) is 0 Å².